The van der Waals surface area contributed by atoms with E-state index in [1.54, 1.807) is 62.3 Å². The molecule has 0 bridgehead atoms. The summed E-state index contributed by atoms with van der Waals surface area (Å²) >= 11 is 0. The van der Waals surface area contributed by atoms with Gasteiger partial charge >= 0.3 is 0 Å². The summed E-state index contributed by atoms with van der Waals surface area (Å²) in [4.78, 5) is 38.9. The van der Waals surface area contributed by atoms with Crippen LogP contribution in [0.1, 0.15) is 76.2 Å². The summed E-state index contributed by atoms with van der Waals surface area (Å²) in [6, 6.07) is 0. The molecule has 0 aromatic rings. The van der Waals surface area contributed by atoms with Gasteiger partial charge in [-0.25, -0.2) is 0 Å². The van der Waals surface area contributed by atoms with E-state index >= 15 is 0 Å². The minimum Gasteiger partial charge on any atom is -0.394 e. The maximum Gasteiger partial charge on any atom is 0.147 e. The van der Waals surface area contributed by atoms with Crippen LogP contribution in [0.2, 0.25) is 0 Å². The fourth-order valence-electron chi connectivity index (χ4n) is 4.99. The second-order valence-electron chi connectivity index (χ2n) is 13.6. The SMILES string of the molecule is CC(C)(C=O)NC(C)(C)C(CN)C(=O)C(C)(C)C(C)(C)NC1OC(CO)C(O)C(O)C1C(=O)C(C)(C)C. The molecule has 1 aliphatic rings. The van der Waals surface area contributed by atoms with E-state index in [4.69, 9.17) is 10.5 Å². The molecule has 10 nitrogen and oxygen atoms in total. The molecule has 6 atom stereocenters. The molecule has 7 N–H and O–H groups in total. The zero-order valence-corrected chi connectivity index (χ0v) is 24.5. The van der Waals surface area contributed by atoms with Crippen LogP contribution in [0, 0.1) is 22.7 Å². The van der Waals surface area contributed by atoms with Gasteiger partial charge in [-0.05, 0) is 41.5 Å². The Labute approximate surface area is 222 Å². The molecule has 0 aromatic carbocycles. The number of nitrogens with one attached hydrogen (secondary N) is 2. The molecular formula is C27H51N3O7. The van der Waals surface area contributed by atoms with Crippen molar-refractivity contribution in [2.24, 2.45) is 28.4 Å². The van der Waals surface area contributed by atoms with Crippen LogP contribution < -0.4 is 16.4 Å². The summed E-state index contributed by atoms with van der Waals surface area (Å²) in [6.07, 6.45) is -4.34. The standard InChI is InChI=1S/C27H51N3O7/c1-23(2,3)21(36)17-19(34)18(33)16(13-31)37-22(17)29-27(10,11)25(6,7)20(35)15(12-28)26(8,9)30-24(4,5)14-32/h14-19,22,29-31,33-34H,12-13,28H2,1-11H3. The molecule has 0 radical (unpaired) electrons. The molecule has 37 heavy (non-hydrogen) atoms. The quantitative estimate of drug-likeness (QED) is 0.196. The molecule has 0 amide bonds. The third-order valence-electron chi connectivity index (χ3n) is 8.01. The Morgan fingerprint density at radius 1 is 0.973 bits per heavy atom. The minimum absolute atomic E-state index is 0.0375. The van der Waals surface area contributed by atoms with Crippen molar-refractivity contribution in [3.63, 3.8) is 0 Å². The molecule has 216 valence electrons. The summed E-state index contributed by atoms with van der Waals surface area (Å²) in [5.41, 5.74) is 1.48. The van der Waals surface area contributed by atoms with Gasteiger partial charge < -0.3 is 30.6 Å². The van der Waals surface area contributed by atoms with Crippen molar-refractivity contribution < 1.29 is 34.4 Å². The summed E-state index contributed by atoms with van der Waals surface area (Å²) < 4.78 is 5.91. The highest BCUT2D eigenvalue weighted by Gasteiger charge is 2.55. The molecule has 1 heterocycles. The first-order valence-corrected chi connectivity index (χ1v) is 12.9. The lowest BCUT2D eigenvalue weighted by Gasteiger charge is -2.51. The number of rotatable bonds is 12. The van der Waals surface area contributed by atoms with Crippen LogP contribution in [0.4, 0.5) is 0 Å². The Hall–Kier alpha value is -1.27. The maximum atomic E-state index is 14.0. The third-order valence-corrected chi connectivity index (χ3v) is 8.01. The molecule has 1 saturated heterocycles. The first-order chi connectivity index (χ1) is 16.5. The number of carbonyl (C=O) groups is 3. The number of hydrogen-bond donors (Lipinski definition) is 6. The van der Waals surface area contributed by atoms with Gasteiger partial charge in [-0.15, -0.1) is 0 Å². The van der Waals surface area contributed by atoms with Gasteiger partial charge in [-0.2, -0.15) is 0 Å². The highest BCUT2D eigenvalue weighted by molar-refractivity contribution is 5.89. The van der Waals surface area contributed by atoms with Crippen molar-refractivity contribution in [2.75, 3.05) is 13.2 Å². The molecule has 10 heteroatoms. The van der Waals surface area contributed by atoms with E-state index in [2.05, 4.69) is 10.6 Å². The fraction of sp³-hybridized carbons (Fsp3) is 0.889. The topological polar surface area (TPSA) is 171 Å². The van der Waals surface area contributed by atoms with Crippen molar-refractivity contribution in [3.8, 4) is 0 Å². The van der Waals surface area contributed by atoms with Crippen LogP contribution >= 0.6 is 0 Å². The number of ketones is 2. The lowest BCUT2D eigenvalue weighted by atomic mass is 9.64. The van der Waals surface area contributed by atoms with Gasteiger partial charge in [-0.3, -0.25) is 20.2 Å². The lowest BCUT2D eigenvalue weighted by Crippen LogP contribution is -2.69. The van der Waals surface area contributed by atoms with E-state index in [-0.39, 0.29) is 18.1 Å². The fourth-order valence-corrected chi connectivity index (χ4v) is 4.99. The second kappa shape index (κ2) is 11.5. The zero-order chi connectivity index (χ0) is 29.4. The predicted octanol–water partition coefficient (Wildman–Crippen LogP) is 0.541. The Morgan fingerprint density at radius 2 is 1.49 bits per heavy atom. The molecule has 6 unspecified atom stereocenters. The largest absolute Gasteiger partial charge is 0.394 e. The summed E-state index contributed by atoms with van der Waals surface area (Å²) in [6.45, 7) is 18.8. The lowest BCUT2D eigenvalue weighted by molar-refractivity contribution is -0.224. The van der Waals surface area contributed by atoms with Gasteiger partial charge in [0.2, 0.25) is 0 Å². The highest BCUT2D eigenvalue weighted by Crippen LogP contribution is 2.40. The van der Waals surface area contributed by atoms with Crippen LogP contribution in [0.25, 0.3) is 0 Å². The van der Waals surface area contributed by atoms with Gasteiger partial charge in [-0.1, -0.05) is 34.6 Å². The normalized spacial score (nSPS) is 27.1. The minimum atomic E-state index is -1.48. The Kier molecular flexibility index (Phi) is 10.5. The average molecular weight is 530 g/mol. The molecule has 0 saturated carbocycles. The maximum absolute atomic E-state index is 14.0. The number of Topliss-reactive ketones (excluding diaryl/α,β-unsaturated/α-hetero) is 2. The number of aldehydes is 1. The molecular weight excluding hydrogens is 478 g/mol. The summed E-state index contributed by atoms with van der Waals surface area (Å²) in [5, 5.41) is 37.6. The van der Waals surface area contributed by atoms with Crippen molar-refractivity contribution in [1.82, 2.24) is 10.6 Å². The van der Waals surface area contributed by atoms with Gasteiger partial charge in [0.05, 0.1) is 24.2 Å². The van der Waals surface area contributed by atoms with Crippen molar-refractivity contribution in [2.45, 2.75) is 117 Å². The monoisotopic (exact) mass is 529 g/mol. The van der Waals surface area contributed by atoms with E-state index in [9.17, 15) is 29.7 Å². The number of aliphatic hydroxyl groups excluding tert-OH is 3. The van der Waals surface area contributed by atoms with E-state index in [1.165, 1.54) is 0 Å². The van der Waals surface area contributed by atoms with E-state index in [1.807, 2.05) is 13.8 Å². The molecule has 1 fully saturated rings. The zero-order valence-electron chi connectivity index (χ0n) is 24.5. The van der Waals surface area contributed by atoms with E-state index < -0.39 is 70.4 Å². The van der Waals surface area contributed by atoms with E-state index in [0.717, 1.165) is 6.29 Å². The van der Waals surface area contributed by atoms with E-state index in [0.29, 0.717) is 0 Å². The molecule has 0 aliphatic carbocycles. The summed E-state index contributed by atoms with van der Waals surface area (Å²) in [5.74, 6) is -2.30. The van der Waals surface area contributed by atoms with Crippen LogP contribution in [0.15, 0.2) is 0 Å². The Morgan fingerprint density at radius 3 is 1.89 bits per heavy atom. The predicted molar refractivity (Wildman–Crippen MR) is 142 cm³/mol. The number of ether oxygens (including phenoxy) is 1. The van der Waals surface area contributed by atoms with Gasteiger partial charge in [0, 0.05) is 34.4 Å². The van der Waals surface area contributed by atoms with Crippen molar-refractivity contribution in [3.05, 3.63) is 0 Å². The van der Waals surface area contributed by atoms with Crippen LogP contribution in [-0.4, -0.2) is 87.5 Å². The number of hydrogen-bond acceptors (Lipinski definition) is 10. The molecule has 1 rings (SSSR count). The number of nitrogens with two attached hydrogens (primary N) is 1. The van der Waals surface area contributed by atoms with Crippen LogP contribution in [-0.2, 0) is 19.1 Å². The molecule has 0 aromatic heterocycles. The van der Waals surface area contributed by atoms with Gasteiger partial charge in [0.25, 0.3) is 0 Å². The average Bonchev–Trinajstić information content (AvgIpc) is 2.74. The van der Waals surface area contributed by atoms with Gasteiger partial charge in [0.15, 0.2) is 0 Å². The van der Waals surface area contributed by atoms with Crippen molar-refractivity contribution >= 4 is 17.9 Å². The number of aliphatic hydroxyl groups is 3. The molecule has 0 spiro atoms. The first-order valence-electron chi connectivity index (χ1n) is 12.9. The number of carbonyl (C=O) groups excluding carboxylic acids is 3. The van der Waals surface area contributed by atoms with Crippen LogP contribution in [0.5, 0.6) is 0 Å². The molecule has 1 aliphatic heterocycles. The smallest absolute Gasteiger partial charge is 0.147 e. The van der Waals surface area contributed by atoms with Gasteiger partial charge in [0.1, 0.15) is 36.3 Å². The first kappa shape index (κ1) is 33.8. The van der Waals surface area contributed by atoms with Crippen molar-refractivity contribution in [1.29, 1.82) is 0 Å². The highest BCUT2D eigenvalue weighted by atomic mass is 16.5. The van der Waals surface area contributed by atoms with Crippen LogP contribution in [0.3, 0.4) is 0 Å². The Balaban J connectivity index is 3.41. The summed E-state index contributed by atoms with van der Waals surface area (Å²) in [7, 11) is 0. The third kappa shape index (κ3) is 7.23. The Bertz CT molecular complexity index is 832. The second-order valence-corrected chi connectivity index (χ2v) is 13.6.